The zero-order valence-electron chi connectivity index (χ0n) is 22.3. The van der Waals surface area contributed by atoms with E-state index in [1.807, 2.05) is 43.9 Å². The molecule has 2 aromatic carbocycles. The zero-order valence-corrected chi connectivity index (χ0v) is 22.3. The molecule has 2 bridgehead atoms. The van der Waals surface area contributed by atoms with Gasteiger partial charge in [0.15, 0.2) is 11.5 Å². The van der Waals surface area contributed by atoms with Crippen molar-refractivity contribution in [2.24, 2.45) is 7.05 Å². The van der Waals surface area contributed by atoms with E-state index in [1.165, 1.54) is 0 Å². The Morgan fingerprint density at radius 1 is 1.15 bits per heavy atom. The van der Waals surface area contributed by atoms with Crippen LogP contribution in [0.4, 0.5) is 11.5 Å². The van der Waals surface area contributed by atoms with Gasteiger partial charge >= 0.3 is 5.97 Å². The van der Waals surface area contributed by atoms with Crippen molar-refractivity contribution in [2.45, 2.75) is 63.6 Å². The van der Waals surface area contributed by atoms with Crippen LogP contribution in [0.5, 0.6) is 0 Å². The van der Waals surface area contributed by atoms with Crippen LogP contribution in [0.2, 0.25) is 0 Å². The maximum absolute atomic E-state index is 11.8. The van der Waals surface area contributed by atoms with E-state index in [0.717, 1.165) is 48.0 Å². The number of benzene rings is 2. The molecule has 1 unspecified atom stereocenters. The number of aromatic nitrogens is 4. The SMILES string of the molecule is Cc1cc([C@@H](C)Nc2ccccc2C(=O)O)c2nc(N3[C@@H]4CC[C@H]3CC(c3ccn(C)n3)C4)c(C#N)nc2c1. The Morgan fingerprint density at radius 2 is 1.90 bits per heavy atom. The summed E-state index contributed by atoms with van der Waals surface area (Å²) in [4.78, 5) is 24.1. The number of fused-ring (bicyclic) bond motifs is 3. The molecular weight excluding hydrogens is 490 g/mol. The van der Waals surface area contributed by atoms with Crippen LogP contribution in [0.3, 0.4) is 0 Å². The van der Waals surface area contributed by atoms with E-state index in [2.05, 4.69) is 33.5 Å². The Labute approximate surface area is 227 Å². The summed E-state index contributed by atoms with van der Waals surface area (Å²) in [5, 5.41) is 27.8. The summed E-state index contributed by atoms with van der Waals surface area (Å²) in [5.74, 6) is 0.0700. The van der Waals surface area contributed by atoms with Gasteiger partial charge in [0.1, 0.15) is 6.07 Å². The smallest absolute Gasteiger partial charge is 0.337 e. The van der Waals surface area contributed by atoms with Gasteiger partial charge in [0.25, 0.3) is 0 Å². The Hall–Kier alpha value is -4.45. The van der Waals surface area contributed by atoms with Gasteiger partial charge in [-0.15, -0.1) is 0 Å². The van der Waals surface area contributed by atoms with E-state index in [1.54, 1.807) is 18.2 Å². The fourth-order valence-corrected chi connectivity index (χ4v) is 6.43. The molecule has 0 radical (unpaired) electrons. The molecule has 6 rings (SSSR count). The number of carbonyl (C=O) groups is 1. The summed E-state index contributed by atoms with van der Waals surface area (Å²) in [6.07, 6.45) is 6.07. The third kappa shape index (κ3) is 4.46. The number of rotatable bonds is 6. The number of nitrogens with zero attached hydrogens (tertiary/aromatic N) is 6. The third-order valence-corrected chi connectivity index (χ3v) is 8.16. The maximum atomic E-state index is 11.8. The van der Waals surface area contributed by atoms with Gasteiger partial charge in [0.2, 0.25) is 0 Å². The average molecular weight is 522 g/mol. The number of hydrogen-bond acceptors (Lipinski definition) is 7. The minimum absolute atomic E-state index is 0.215. The number of hydrogen-bond donors (Lipinski definition) is 2. The molecule has 2 fully saturated rings. The highest BCUT2D eigenvalue weighted by Gasteiger charge is 2.43. The summed E-state index contributed by atoms with van der Waals surface area (Å²) in [7, 11) is 1.95. The lowest BCUT2D eigenvalue weighted by Gasteiger charge is -2.39. The second-order valence-electron chi connectivity index (χ2n) is 10.8. The van der Waals surface area contributed by atoms with E-state index >= 15 is 0 Å². The van der Waals surface area contributed by atoms with Crippen LogP contribution in [-0.4, -0.2) is 42.9 Å². The lowest BCUT2D eigenvalue weighted by atomic mass is 9.88. The van der Waals surface area contributed by atoms with E-state index in [0.29, 0.717) is 28.6 Å². The van der Waals surface area contributed by atoms with E-state index < -0.39 is 5.97 Å². The monoisotopic (exact) mass is 521 g/mol. The molecule has 2 N–H and O–H groups in total. The molecule has 9 nitrogen and oxygen atoms in total. The van der Waals surface area contributed by atoms with Crippen LogP contribution in [0, 0.1) is 18.3 Å². The second-order valence-corrected chi connectivity index (χ2v) is 10.8. The van der Waals surface area contributed by atoms with Gasteiger partial charge < -0.3 is 15.3 Å². The highest BCUT2D eigenvalue weighted by Crippen LogP contribution is 2.45. The fourth-order valence-electron chi connectivity index (χ4n) is 6.43. The normalized spacial score (nSPS) is 21.1. The third-order valence-electron chi connectivity index (χ3n) is 8.16. The predicted molar refractivity (Wildman–Crippen MR) is 149 cm³/mol. The number of nitrogens with one attached hydrogen (secondary N) is 1. The van der Waals surface area contributed by atoms with Crippen LogP contribution >= 0.6 is 0 Å². The molecule has 0 spiro atoms. The number of para-hydroxylation sites is 1. The molecule has 9 heteroatoms. The Balaban J connectivity index is 1.39. The highest BCUT2D eigenvalue weighted by atomic mass is 16.4. The summed E-state index contributed by atoms with van der Waals surface area (Å²) < 4.78 is 1.86. The molecule has 4 aromatic rings. The molecule has 198 valence electrons. The maximum Gasteiger partial charge on any atom is 0.337 e. The topological polar surface area (TPSA) is 120 Å². The minimum atomic E-state index is -0.982. The molecule has 39 heavy (non-hydrogen) atoms. The van der Waals surface area contributed by atoms with Crippen molar-refractivity contribution < 1.29 is 9.90 Å². The van der Waals surface area contributed by atoms with Gasteiger partial charge in [0.05, 0.1) is 28.3 Å². The standard InChI is InChI=1S/C30H31N7O2/c1-17-12-23(18(2)32-25-7-5-4-6-22(25)30(38)39)28-26(13-17)33-27(16-31)29(34-28)37-20-8-9-21(37)15-19(14-20)24-10-11-36(3)35-24/h4-7,10-13,18-21,32H,8-9,14-15H2,1-3H3,(H,38,39)/t18-,19?,20-,21+/m1/s1. The molecule has 2 saturated heterocycles. The number of carboxylic acid groups (broad SMARTS) is 1. The molecular formula is C30H31N7O2. The number of piperidine rings is 1. The van der Waals surface area contributed by atoms with Crippen molar-refractivity contribution in [3.63, 3.8) is 0 Å². The largest absolute Gasteiger partial charge is 0.478 e. The van der Waals surface area contributed by atoms with Crippen molar-refractivity contribution in [1.82, 2.24) is 19.7 Å². The van der Waals surface area contributed by atoms with E-state index in [-0.39, 0.29) is 23.7 Å². The number of nitriles is 1. The van der Waals surface area contributed by atoms with Crippen LogP contribution in [0.15, 0.2) is 48.7 Å². The quantitative estimate of drug-likeness (QED) is 0.349. The van der Waals surface area contributed by atoms with Crippen LogP contribution in [-0.2, 0) is 7.05 Å². The van der Waals surface area contributed by atoms with Crippen LogP contribution in [0.25, 0.3) is 11.0 Å². The van der Waals surface area contributed by atoms with Crippen LogP contribution < -0.4 is 10.2 Å². The Kier molecular flexibility index (Phi) is 6.18. The number of aromatic carboxylic acids is 1. The lowest BCUT2D eigenvalue weighted by molar-refractivity contribution is 0.0698. The molecule has 4 atom stereocenters. The molecule has 4 heterocycles. The molecule has 0 saturated carbocycles. The first-order valence-electron chi connectivity index (χ1n) is 13.4. The van der Waals surface area contributed by atoms with Gasteiger partial charge in [-0.2, -0.15) is 10.4 Å². The van der Waals surface area contributed by atoms with Crippen molar-refractivity contribution in [3.05, 3.63) is 76.7 Å². The lowest BCUT2D eigenvalue weighted by Crippen LogP contribution is -2.43. The van der Waals surface area contributed by atoms with Gasteiger partial charge in [0, 0.05) is 42.5 Å². The zero-order chi connectivity index (χ0) is 27.3. The predicted octanol–water partition coefficient (Wildman–Crippen LogP) is 5.33. The average Bonchev–Trinajstić information content (AvgIpc) is 3.47. The molecule has 2 aliphatic heterocycles. The first kappa shape index (κ1) is 24.9. The Bertz CT molecular complexity index is 1610. The van der Waals surface area contributed by atoms with E-state index in [9.17, 15) is 15.2 Å². The fraction of sp³-hybridized carbons (Fsp3) is 0.367. The van der Waals surface area contributed by atoms with Crippen LogP contribution in [0.1, 0.15) is 77.4 Å². The van der Waals surface area contributed by atoms with E-state index in [4.69, 9.17) is 9.97 Å². The van der Waals surface area contributed by atoms with Crippen molar-refractivity contribution in [2.75, 3.05) is 10.2 Å². The van der Waals surface area contributed by atoms with Gasteiger partial charge in [-0.1, -0.05) is 18.2 Å². The van der Waals surface area contributed by atoms with Crippen molar-refractivity contribution in [3.8, 4) is 6.07 Å². The number of aryl methyl sites for hydroxylation is 2. The number of anilines is 2. The molecule has 2 aliphatic rings. The van der Waals surface area contributed by atoms with Gasteiger partial charge in [-0.05, 0) is 69.4 Å². The van der Waals surface area contributed by atoms with Gasteiger partial charge in [-0.25, -0.2) is 14.8 Å². The summed E-state index contributed by atoms with van der Waals surface area (Å²) in [6.45, 7) is 3.99. The van der Waals surface area contributed by atoms with Crippen molar-refractivity contribution >= 4 is 28.5 Å². The molecule has 2 aromatic heterocycles. The molecule has 0 amide bonds. The second kappa shape index (κ2) is 9.70. The first-order valence-corrected chi connectivity index (χ1v) is 13.4. The summed E-state index contributed by atoms with van der Waals surface area (Å²) >= 11 is 0. The number of carboxylic acids is 1. The summed E-state index contributed by atoms with van der Waals surface area (Å²) in [6, 6.07) is 15.7. The minimum Gasteiger partial charge on any atom is -0.478 e. The highest BCUT2D eigenvalue weighted by molar-refractivity contribution is 5.94. The summed E-state index contributed by atoms with van der Waals surface area (Å²) in [5.41, 5.74) is 5.56. The van der Waals surface area contributed by atoms with Gasteiger partial charge in [-0.3, -0.25) is 4.68 Å². The molecule has 0 aliphatic carbocycles. The first-order chi connectivity index (χ1) is 18.8. The Morgan fingerprint density at radius 3 is 2.56 bits per heavy atom. The van der Waals surface area contributed by atoms with Crippen molar-refractivity contribution in [1.29, 1.82) is 5.26 Å².